The summed E-state index contributed by atoms with van der Waals surface area (Å²) < 4.78 is 16.3. The van der Waals surface area contributed by atoms with E-state index in [0.29, 0.717) is 17.2 Å². The van der Waals surface area contributed by atoms with E-state index in [0.717, 1.165) is 5.56 Å². The van der Waals surface area contributed by atoms with Crippen molar-refractivity contribution in [1.82, 2.24) is 0 Å². The summed E-state index contributed by atoms with van der Waals surface area (Å²) in [5.41, 5.74) is 1.67. The summed E-state index contributed by atoms with van der Waals surface area (Å²) in [5, 5.41) is 2.72. The van der Waals surface area contributed by atoms with E-state index in [4.69, 9.17) is 14.2 Å². The largest absolute Gasteiger partial charge is 0.485 e. The minimum Gasteiger partial charge on any atom is -0.485 e. The van der Waals surface area contributed by atoms with Gasteiger partial charge < -0.3 is 19.5 Å². The van der Waals surface area contributed by atoms with Gasteiger partial charge in [-0.1, -0.05) is 24.3 Å². The van der Waals surface area contributed by atoms with Crippen LogP contribution in [0.25, 0.3) is 0 Å². The zero-order chi connectivity index (χ0) is 17.8. The highest BCUT2D eigenvalue weighted by Crippen LogP contribution is 2.31. The molecule has 1 amide bonds. The molecule has 6 nitrogen and oxygen atoms in total. The lowest BCUT2D eigenvalue weighted by Crippen LogP contribution is -2.41. The van der Waals surface area contributed by atoms with Gasteiger partial charge in [0.2, 0.25) is 6.10 Å². The maximum atomic E-state index is 12.2. The summed E-state index contributed by atoms with van der Waals surface area (Å²) in [6.45, 7) is 3.49. The number of hydrogen-bond acceptors (Lipinski definition) is 5. The summed E-state index contributed by atoms with van der Waals surface area (Å²) >= 11 is 0. The second-order valence-electron chi connectivity index (χ2n) is 5.80. The van der Waals surface area contributed by atoms with Crippen LogP contribution in [0.5, 0.6) is 11.5 Å². The van der Waals surface area contributed by atoms with Gasteiger partial charge in [0, 0.05) is 5.69 Å². The molecule has 0 saturated carbocycles. The van der Waals surface area contributed by atoms with Crippen molar-refractivity contribution in [3.8, 4) is 11.5 Å². The van der Waals surface area contributed by atoms with Crippen LogP contribution in [-0.2, 0) is 14.3 Å². The van der Waals surface area contributed by atoms with Gasteiger partial charge in [-0.2, -0.15) is 0 Å². The molecule has 0 saturated heterocycles. The molecule has 6 heteroatoms. The summed E-state index contributed by atoms with van der Waals surface area (Å²) in [5.74, 6) is 0.0156. The predicted octanol–water partition coefficient (Wildman–Crippen LogP) is 2.71. The third-order valence-corrected chi connectivity index (χ3v) is 3.72. The number of fused-ring (bicyclic) bond motifs is 1. The number of benzene rings is 2. The molecule has 1 heterocycles. The van der Waals surface area contributed by atoms with Crippen LogP contribution in [0.2, 0.25) is 0 Å². The van der Waals surface area contributed by atoms with E-state index in [2.05, 4.69) is 5.32 Å². The van der Waals surface area contributed by atoms with Crippen molar-refractivity contribution < 1.29 is 23.8 Å². The van der Waals surface area contributed by atoms with Gasteiger partial charge in [0.1, 0.15) is 6.61 Å². The third kappa shape index (κ3) is 4.09. The van der Waals surface area contributed by atoms with Gasteiger partial charge in [-0.25, -0.2) is 4.79 Å². The van der Waals surface area contributed by atoms with E-state index in [1.807, 2.05) is 31.2 Å². The fourth-order valence-electron chi connectivity index (χ4n) is 2.41. The average Bonchev–Trinajstić information content (AvgIpc) is 2.61. The number of esters is 1. The Morgan fingerprint density at radius 1 is 1.16 bits per heavy atom. The maximum absolute atomic E-state index is 12.2. The van der Waals surface area contributed by atoms with Crippen molar-refractivity contribution in [3.05, 3.63) is 54.1 Å². The molecule has 0 aliphatic carbocycles. The van der Waals surface area contributed by atoms with Crippen LogP contribution < -0.4 is 14.8 Å². The number of nitrogens with one attached hydrogen (secondary N) is 1. The van der Waals surface area contributed by atoms with Crippen LogP contribution in [0, 0.1) is 6.92 Å². The number of carbonyl (C=O) groups excluding carboxylic acids is 2. The lowest BCUT2D eigenvalue weighted by molar-refractivity contribution is -0.162. The Kier molecular flexibility index (Phi) is 4.88. The highest BCUT2D eigenvalue weighted by atomic mass is 16.6. The molecule has 1 N–H and O–H groups in total. The van der Waals surface area contributed by atoms with Gasteiger partial charge in [-0.05, 0) is 43.7 Å². The van der Waals surface area contributed by atoms with E-state index >= 15 is 0 Å². The van der Waals surface area contributed by atoms with E-state index in [1.54, 1.807) is 24.3 Å². The minimum atomic E-state index is -0.950. The number of carbonyl (C=O) groups is 2. The Balaban J connectivity index is 1.56. The van der Waals surface area contributed by atoms with Gasteiger partial charge in [0.25, 0.3) is 5.91 Å². The summed E-state index contributed by atoms with van der Waals surface area (Å²) in [6, 6.07) is 14.4. The molecule has 1 aliphatic rings. The number of aryl methyl sites for hydroxylation is 1. The first-order valence-corrected chi connectivity index (χ1v) is 7.99. The monoisotopic (exact) mass is 341 g/mol. The number of anilines is 1. The molecule has 0 bridgehead atoms. The lowest BCUT2D eigenvalue weighted by Gasteiger charge is -2.25. The molecule has 2 aromatic rings. The first-order valence-electron chi connectivity index (χ1n) is 7.99. The van der Waals surface area contributed by atoms with E-state index in [-0.39, 0.29) is 6.61 Å². The van der Waals surface area contributed by atoms with Gasteiger partial charge in [0.05, 0.1) is 0 Å². The SMILES string of the molecule is Cc1cccc(NC(=O)[C@@H](C)OC(=O)[C@@H]2COc3ccccc3O2)c1. The van der Waals surface area contributed by atoms with Crippen molar-refractivity contribution >= 4 is 17.6 Å². The fraction of sp³-hybridized carbons (Fsp3) is 0.263. The molecule has 0 radical (unpaired) electrons. The van der Waals surface area contributed by atoms with E-state index in [1.165, 1.54) is 6.92 Å². The first kappa shape index (κ1) is 16.8. The molecule has 130 valence electrons. The number of hydrogen-bond donors (Lipinski definition) is 1. The molecule has 0 fully saturated rings. The quantitative estimate of drug-likeness (QED) is 0.866. The smallest absolute Gasteiger partial charge is 0.351 e. The molecular formula is C19H19NO5. The zero-order valence-corrected chi connectivity index (χ0v) is 14.0. The highest BCUT2D eigenvalue weighted by molar-refractivity contribution is 5.95. The van der Waals surface area contributed by atoms with Crippen molar-refractivity contribution in [2.24, 2.45) is 0 Å². The van der Waals surface area contributed by atoms with Gasteiger partial charge in [-0.15, -0.1) is 0 Å². The molecule has 0 unspecified atom stereocenters. The standard InChI is InChI=1S/C19H19NO5/c1-12-6-5-7-14(10-12)20-18(21)13(2)24-19(22)17-11-23-15-8-3-4-9-16(15)25-17/h3-10,13,17H,11H2,1-2H3,(H,20,21)/t13-,17+/m1/s1. The first-order chi connectivity index (χ1) is 12.0. The number of para-hydroxylation sites is 2. The molecular weight excluding hydrogens is 322 g/mol. The van der Waals surface area contributed by atoms with E-state index < -0.39 is 24.1 Å². The fourth-order valence-corrected chi connectivity index (χ4v) is 2.41. The van der Waals surface area contributed by atoms with Gasteiger partial charge in [-0.3, -0.25) is 4.79 Å². The van der Waals surface area contributed by atoms with Crippen LogP contribution in [0.1, 0.15) is 12.5 Å². The number of rotatable bonds is 4. The molecule has 0 aromatic heterocycles. The summed E-state index contributed by atoms with van der Waals surface area (Å²) in [4.78, 5) is 24.4. The van der Waals surface area contributed by atoms with E-state index in [9.17, 15) is 9.59 Å². The van der Waals surface area contributed by atoms with Crippen LogP contribution in [0.4, 0.5) is 5.69 Å². The molecule has 0 spiro atoms. The second kappa shape index (κ2) is 7.25. The molecule has 3 rings (SSSR count). The van der Waals surface area contributed by atoms with Crippen molar-refractivity contribution in [2.75, 3.05) is 11.9 Å². The van der Waals surface area contributed by atoms with Crippen LogP contribution >= 0.6 is 0 Å². The average molecular weight is 341 g/mol. The predicted molar refractivity (Wildman–Crippen MR) is 91.7 cm³/mol. The Bertz CT molecular complexity index is 789. The topological polar surface area (TPSA) is 73.9 Å². The Morgan fingerprint density at radius 3 is 2.68 bits per heavy atom. The Morgan fingerprint density at radius 2 is 1.92 bits per heavy atom. The number of amides is 1. The molecule has 25 heavy (non-hydrogen) atoms. The molecule has 2 atom stereocenters. The van der Waals surface area contributed by atoms with Crippen LogP contribution in [0.15, 0.2) is 48.5 Å². The van der Waals surface area contributed by atoms with Gasteiger partial charge in [0.15, 0.2) is 17.6 Å². The Hall–Kier alpha value is -3.02. The second-order valence-corrected chi connectivity index (χ2v) is 5.80. The zero-order valence-electron chi connectivity index (χ0n) is 14.0. The van der Waals surface area contributed by atoms with Crippen molar-refractivity contribution in [3.63, 3.8) is 0 Å². The lowest BCUT2D eigenvalue weighted by atomic mass is 10.2. The minimum absolute atomic E-state index is 0.0437. The van der Waals surface area contributed by atoms with Crippen LogP contribution in [0.3, 0.4) is 0 Å². The van der Waals surface area contributed by atoms with Crippen LogP contribution in [-0.4, -0.2) is 30.7 Å². The number of ether oxygens (including phenoxy) is 3. The highest BCUT2D eigenvalue weighted by Gasteiger charge is 2.31. The third-order valence-electron chi connectivity index (χ3n) is 3.72. The molecule has 2 aromatic carbocycles. The maximum Gasteiger partial charge on any atom is 0.351 e. The Labute approximate surface area is 145 Å². The normalized spacial score (nSPS) is 16.6. The summed E-state index contributed by atoms with van der Waals surface area (Å²) in [6.07, 6.45) is -1.85. The summed E-state index contributed by atoms with van der Waals surface area (Å²) in [7, 11) is 0. The molecule has 1 aliphatic heterocycles. The van der Waals surface area contributed by atoms with Crippen molar-refractivity contribution in [2.45, 2.75) is 26.1 Å². The van der Waals surface area contributed by atoms with Crippen molar-refractivity contribution in [1.29, 1.82) is 0 Å². The van der Waals surface area contributed by atoms with Gasteiger partial charge >= 0.3 is 5.97 Å².